The summed E-state index contributed by atoms with van der Waals surface area (Å²) in [5.74, 6) is 0.854. The molecule has 4 heteroatoms. The van der Waals surface area contributed by atoms with Gasteiger partial charge in [-0.05, 0) is 31.7 Å². The Morgan fingerprint density at radius 2 is 2.15 bits per heavy atom. The first-order chi connectivity index (χ1) is 9.70. The maximum atomic E-state index is 11.0. The fraction of sp³-hybridized carbons (Fsp3) is 0.625. The lowest BCUT2D eigenvalue weighted by atomic mass is 9.84. The van der Waals surface area contributed by atoms with E-state index in [1.54, 1.807) is 12.1 Å². The molecule has 0 aliphatic heterocycles. The quantitative estimate of drug-likeness (QED) is 0.636. The van der Waals surface area contributed by atoms with E-state index in [1.165, 1.54) is 32.1 Å². The molecular weight excluding hydrogens is 252 g/mol. The molecule has 0 amide bonds. The Kier molecular flexibility index (Phi) is 5.53. The lowest BCUT2D eigenvalue weighted by Crippen LogP contribution is -2.35. The maximum absolute atomic E-state index is 11.0. The van der Waals surface area contributed by atoms with E-state index in [4.69, 9.17) is 0 Å². The van der Waals surface area contributed by atoms with E-state index in [0.717, 1.165) is 24.4 Å². The van der Waals surface area contributed by atoms with Crippen LogP contribution in [0, 0.1) is 16.0 Å². The van der Waals surface area contributed by atoms with Gasteiger partial charge in [0.25, 0.3) is 5.69 Å². The second-order valence-electron chi connectivity index (χ2n) is 5.73. The molecule has 4 nitrogen and oxygen atoms in total. The number of para-hydroxylation sites is 1. The highest BCUT2D eigenvalue weighted by Crippen LogP contribution is 2.26. The van der Waals surface area contributed by atoms with Crippen LogP contribution >= 0.6 is 0 Å². The predicted molar refractivity (Wildman–Crippen MR) is 80.8 cm³/mol. The first-order valence-electron chi connectivity index (χ1n) is 7.66. The number of hydrogen-bond acceptors (Lipinski definition) is 3. The third-order valence-electron chi connectivity index (χ3n) is 4.38. The smallest absolute Gasteiger partial charge is 0.272 e. The van der Waals surface area contributed by atoms with E-state index in [2.05, 4.69) is 12.2 Å². The number of nitro groups is 1. The number of benzene rings is 1. The molecule has 1 N–H and O–H groups in total. The first-order valence-corrected chi connectivity index (χ1v) is 7.66. The van der Waals surface area contributed by atoms with Gasteiger partial charge in [-0.25, -0.2) is 0 Å². The van der Waals surface area contributed by atoms with E-state index in [1.807, 2.05) is 12.1 Å². The van der Waals surface area contributed by atoms with Crippen LogP contribution in [0.2, 0.25) is 0 Å². The van der Waals surface area contributed by atoms with Gasteiger partial charge in [0.2, 0.25) is 0 Å². The van der Waals surface area contributed by atoms with Crippen molar-refractivity contribution >= 4 is 5.69 Å². The molecule has 0 heterocycles. The molecule has 2 rings (SSSR count). The van der Waals surface area contributed by atoms with Crippen LogP contribution in [0.25, 0.3) is 0 Å². The van der Waals surface area contributed by atoms with Crippen molar-refractivity contribution < 1.29 is 4.92 Å². The van der Waals surface area contributed by atoms with Crippen molar-refractivity contribution in [2.45, 2.75) is 51.5 Å². The van der Waals surface area contributed by atoms with Crippen LogP contribution in [0.5, 0.6) is 0 Å². The molecule has 0 radical (unpaired) electrons. The maximum Gasteiger partial charge on any atom is 0.272 e. The van der Waals surface area contributed by atoms with Crippen LogP contribution in [0.3, 0.4) is 0 Å². The molecular formula is C16H24N2O2. The Morgan fingerprint density at radius 3 is 2.90 bits per heavy atom. The molecule has 2 atom stereocenters. The number of nitrogens with one attached hydrogen (secondary N) is 1. The van der Waals surface area contributed by atoms with Crippen molar-refractivity contribution in [3.05, 3.63) is 39.9 Å². The molecule has 1 fully saturated rings. The summed E-state index contributed by atoms with van der Waals surface area (Å²) in [6.07, 6.45) is 7.16. The van der Waals surface area contributed by atoms with Gasteiger partial charge in [0, 0.05) is 17.7 Å². The van der Waals surface area contributed by atoms with E-state index < -0.39 is 0 Å². The summed E-state index contributed by atoms with van der Waals surface area (Å²) < 4.78 is 0. The van der Waals surface area contributed by atoms with Crippen molar-refractivity contribution in [1.82, 2.24) is 5.32 Å². The monoisotopic (exact) mass is 276 g/mol. The second-order valence-corrected chi connectivity index (χ2v) is 5.73. The molecule has 2 unspecified atom stereocenters. The van der Waals surface area contributed by atoms with E-state index >= 15 is 0 Å². The van der Waals surface area contributed by atoms with Crippen LogP contribution in [0.15, 0.2) is 24.3 Å². The Hall–Kier alpha value is -1.42. The van der Waals surface area contributed by atoms with Crippen LogP contribution in [-0.2, 0) is 6.42 Å². The standard InChI is InChI=1S/C16H24N2O2/c1-2-13-6-5-8-15(12-13)17-11-10-14-7-3-4-9-16(14)18(19)20/h3-4,7,9,13,15,17H,2,5-6,8,10-12H2,1H3. The van der Waals surface area contributed by atoms with Gasteiger partial charge < -0.3 is 5.32 Å². The van der Waals surface area contributed by atoms with Gasteiger partial charge in [-0.2, -0.15) is 0 Å². The molecule has 1 aromatic rings. The van der Waals surface area contributed by atoms with Crippen molar-refractivity contribution in [1.29, 1.82) is 0 Å². The minimum Gasteiger partial charge on any atom is -0.314 e. The number of nitrogens with zero attached hydrogens (tertiary/aromatic N) is 1. The Balaban J connectivity index is 1.82. The summed E-state index contributed by atoms with van der Waals surface area (Å²) in [6, 6.07) is 7.63. The van der Waals surface area contributed by atoms with Crippen LogP contribution < -0.4 is 5.32 Å². The average Bonchev–Trinajstić information content (AvgIpc) is 2.48. The zero-order valence-corrected chi connectivity index (χ0v) is 12.2. The van der Waals surface area contributed by atoms with Gasteiger partial charge in [-0.1, -0.05) is 44.4 Å². The molecule has 0 aromatic heterocycles. The van der Waals surface area contributed by atoms with Crippen molar-refractivity contribution in [2.24, 2.45) is 5.92 Å². The van der Waals surface area contributed by atoms with E-state index in [0.29, 0.717) is 6.04 Å². The molecule has 110 valence electrons. The number of hydrogen-bond donors (Lipinski definition) is 1. The lowest BCUT2D eigenvalue weighted by Gasteiger charge is -2.29. The van der Waals surface area contributed by atoms with Crippen LogP contribution in [0.1, 0.15) is 44.6 Å². The molecule has 20 heavy (non-hydrogen) atoms. The summed E-state index contributed by atoms with van der Waals surface area (Å²) in [6.45, 7) is 3.09. The van der Waals surface area contributed by atoms with Gasteiger partial charge in [-0.3, -0.25) is 10.1 Å². The summed E-state index contributed by atoms with van der Waals surface area (Å²) in [5, 5.41) is 14.5. The number of rotatable bonds is 6. The van der Waals surface area contributed by atoms with E-state index in [-0.39, 0.29) is 10.6 Å². The predicted octanol–water partition coefficient (Wildman–Crippen LogP) is 3.70. The zero-order valence-electron chi connectivity index (χ0n) is 12.2. The normalized spacial score (nSPS) is 22.6. The third kappa shape index (κ3) is 4.04. The van der Waals surface area contributed by atoms with Gasteiger partial charge in [-0.15, -0.1) is 0 Å². The third-order valence-corrected chi connectivity index (χ3v) is 4.38. The molecule has 1 aliphatic carbocycles. The van der Waals surface area contributed by atoms with Crippen molar-refractivity contribution in [2.75, 3.05) is 6.54 Å². The van der Waals surface area contributed by atoms with E-state index in [9.17, 15) is 10.1 Å². The minimum atomic E-state index is -0.289. The van der Waals surface area contributed by atoms with Crippen LogP contribution in [0.4, 0.5) is 5.69 Å². The van der Waals surface area contributed by atoms with Gasteiger partial charge in [0.15, 0.2) is 0 Å². The molecule has 0 spiro atoms. The van der Waals surface area contributed by atoms with Gasteiger partial charge >= 0.3 is 0 Å². The average molecular weight is 276 g/mol. The Bertz CT molecular complexity index is 448. The van der Waals surface area contributed by atoms with Crippen molar-refractivity contribution in [3.63, 3.8) is 0 Å². The molecule has 1 aliphatic rings. The Morgan fingerprint density at radius 1 is 1.35 bits per heavy atom. The molecule has 0 saturated heterocycles. The van der Waals surface area contributed by atoms with Gasteiger partial charge in [0.05, 0.1) is 4.92 Å². The minimum absolute atomic E-state index is 0.240. The molecule has 1 saturated carbocycles. The topological polar surface area (TPSA) is 55.2 Å². The largest absolute Gasteiger partial charge is 0.314 e. The Labute approximate surface area is 120 Å². The highest BCUT2D eigenvalue weighted by Gasteiger charge is 2.20. The fourth-order valence-electron chi connectivity index (χ4n) is 3.16. The summed E-state index contributed by atoms with van der Waals surface area (Å²) >= 11 is 0. The lowest BCUT2D eigenvalue weighted by molar-refractivity contribution is -0.385. The summed E-state index contributed by atoms with van der Waals surface area (Å²) in [5.41, 5.74) is 1.07. The zero-order chi connectivity index (χ0) is 14.4. The molecule has 1 aromatic carbocycles. The summed E-state index contributed by atoms with van der Waals surface area (Å²) in [4.78, 5) is 10.7. The molecule has 0 bridgehead atoms. The van der Waals surface area contributed by atoms with Crippen molar-refractivity contribution in [3.8, 4) is 0 Å². The highest BCUT2D eigenvalue weighted by molar-refractivity contribution is 5.39. The second kappa shape index (κ2) is 7.39. The fourth-order valence-corrected chi connectivity index (χ4v) is 3.16. The van der Waals surface area contributed by atoms with Crippen LogP contribution in [-0.4, -0.2) is 17.5 Å². The number of nitro benzene ring substituents is 1. The SMILES string of the molecule is CCC1CCCC(NCCc2ccccc2[N+](=O)[O-])C1. The highest BCUT2D eigenvalue weighted by atomic mass is 16.6. The first kappa shape index (κ1) is 15.0. The van der Waals surface area contributed by atoms with Gasteiger partial charge in [0.1, 0.15) is 0 Å². The summed E-state index contributed by atoms with van der Waals surface area (Å²) in [7, 11) is 0.